The summed E-state index contributed by atoms with van der Waals surface area (Å²) in [4.78, 5) is 30.5. The Morgan fingerprint density at radius 2 is 1.90 bits per heavy atom. The van der Waals surface area contributed by atoms with Gasteiger partial charge in [-0.2, -0.15) is 0 Å². The topological polar surface area (TPSA) is 94.8 Å². The van der Waals surface area contributed by atoms with Crippen molar-refractivity contribution in [2.75, 3.05) is 13.2 Å². The number of carbonyl (C=O) groups excluding carboxylic acids is 2. The fourth-order valence-electron chi connectivity index (χ4n) is 4.37. The van der Waals surface area contributed by atoms with E-state index in [1.165, 1.54) is 6.42 Å². The zero-order valence-corrected chi connectivity index (χ0v) is 17.6. The summed E-state index contributed by atoms with van der Waals surface area (Å²) in [7, 11) is 0. The van der Waals surface area contributed by atoms with E-state index in [9.17, 15) is 9.59 Å². The highest BCUT2D eigenvalue weighted by Gasteiger charge is 2.35. The van der Waals surface area contributed by atoms with Gasteiger partial charge < -0.3 is 15.2 Å². The Hall–Kier alpha value is -2.61. The second kappa shape index (κ2) is 10.1. The van der Waals surface area contributed by atoms with E-state index in [1.54, 1.807) is 36.7 Å². The van der Waals surface area contributed by atoms with E-state index in [0.29, 0.717) is 24.3 Å². The molecule has 7 nitrogen and oxygen atoms in total. The quantitative estimate of drug-likeness (QED) is 0.655. The van der Waals surface area contributed by atoms with Crippen LogP contribution in [0.1, 0.15) is 66.2 Å². The van der Waals surface area contributed by atoms with Crippen molar-refractivity contribution in [2.45, 2.75) is 57.1 Å². The molecule has 2 fully saturated rings. The fourth-order valence-corrected chi connectivity index (χ4v) is 4.37. The minimum Gasteiger partial charge on any atom is -0.370 e. The third kappa shape index (κ3) is 5.36. The number of hydrogen-bond donors (Lipinski definition) is 1. The number of ether oxygens (including phenoxy) is 2. The maximum atomic E-state index is 12.6. The molecule has 31 heavy (non-hydrogen) atoms. The molecule has 1 amide bonds. The molecule has 164 valence electrons. The van der Waals surface area contributed by atoms with Gasteiger partial charge in [0.2, 0.25) is 5.91 Å². The Balaban J connectivity index is 1.49. The molecule has 1 aliphatic carbocycles. The number of amides is 1. The van der Waals surface area contributed by atoms with Gasteiger partial charge in [-0.05, 0) is 30.5 Å². The van der Waals surface area contributed by atoms with Crippen LogP contribution in [0.25, 0.3) is 0 Å². The molecule has 1 aromatic heterocycles. The molecule has 1 aromatic carbocycles. The maximum absolute atomic E-state index is 12.6. The lowest BCUT2D eigenvalue weighted by molar-refractivity contribution is -0.150. The lowest BCUT2D eigenvalue weighted by Gasteiger charge is -2.35. The molecule has 0 spiro atoms. The van der Waals surface area contributed by atoms with Crippen LogP contribution < -0.4 is 5.73 Å². The van der Waals surface area contributed by atoms with Crippen LogP contribution in [0, 0.1) is 0 Å². The molecular weight excluding hydrogens is 394 g/mol. The van der Waals surface area contributed by atoms with E-state index in [0.717, 1.165) is 31.2 Å². The number of pyridine rings is 1. The molecule has 1 saturated carbocycles. The second-order valence-electron chi connectivity index (χ2n) is 8.17. The summed E-state index contributed by atoms with van der Waals surface area (Å²) in [5, 5.41) is 0. The van der Waals surface area contributed by atoms with Gasteiger partial charge in [-0.3, -0.25) is 14.6 Å². The molecule has 7 heteroatoms. The number of benzene rings is 1. The predicted molar refractivity (Wildman–Crippen MR) is 115 cm³/mol. The molecular formula is C24H29N3O4. The van der Waals surface area contributed by atoms with Crippen LogP contribution in [0.3, 0.4) is 0 Å². The van der Waals surface area contributed by atoms with Gasteiger partial charge in [0.25, 0.3) is 0 Å². The highest BCUT2D eigenvalue weighted by Crippen LogP contribution is 2.32. The predicted octanol–water partition coefficient (Wildman–Crippen LogP) is 3.19. The number of carbonyl (C=O) groups is 2. The highest BCUT2D eigenvalue weighted by atomic mass is 16.5. The highest BCUT2D eigenvalue weighted by molar-refractivity contribution is 6.08. The molecule has 2 unspecified atom stereocenters. The first-order valence-electron chi connectivity index (χ1n) is 11.0. The monoisotopic (exact) mass is 423 g/mol. The number of hydrogen-bond acceptors (Lipinski definition) is 6. The standard InChI is InChI=1S/C24H29N3O4/c25-21(28)15-22(31-20-6-2-1-3-7-20)27-13-14-30-24(27)18-10-8-17(9-11-18)23(29)19-5-4-12-26-16-19/h4-5,8-12,16,20,22,24H,1-3,6-7,13-15H2,(H2,25,28). The Bertz CT molecular complexity index is 881. The smallest absolute Gasteiger partial charge is 0.221 e. The summed E-state index contributed by atoms with van der Waals surface area (Å²) in [6.07, 6.45) is 8.31. The van der Waals surface area contributed by atoms with E-state index >= 15 is 0 Å². The normalized spacial score (nSPS) is 21.1. The van der Waals surface area contributed by atoms with E-state index in [-0.39, 0.29) is 30.4 Å². The van der Waals surface area contributed by atoms with Gasteiger partial charge in [0.05, 0.1) is 19.1 Å². The summed E-state index contributed by atoms with van der Waals surface area (Å²) in [6, 6.07) is 10.9. The van der Waals surface area contributed by atoms with Crippen molar-refractivity contribution in [3.05, 3.63) is 65.5 Å². The molecule has 2 atom stereocenters. The van der Waals surface area contributed by atoms with Crippen molar-refractivity contribution in [3.8, 4) is 0 Å². The Morgan fingerprint density at radius 1 is 1.13 bits per heavy atom. The van der Waals surface area contributed by atoms with E-state index < -0.39 is 6.23 Å². The maximum Gasteiger partial charge on any atom is 0.221 e. The van der Waals surface area contributed by atoms with Crippen molar-refractivity contribution in [1.82, 2.24) is 9.88 Å². The third-order valence-corrected chi connectivity index (χ3v) is 5.96. The zero-order chi connectivity index (χ0) is 21.6. The molecule has 0 bridgehead atoms. The van der Waals surface area contributed by atoms with Gasteiger partial charge in [-0.1, -0.05) is 43.5 Å². The molecule has 2 N–H and O–H groups in total. The summed E-state index contributed by atoms with van der Waals surface area (Å²) in [5.74, 6) is -0.458. The van der Waals surface area contributed by atoms with Crippen molar-refractivity contribution in [2.24, 2.45) is 5.73 Å². The van der Waals surface area contributed by atoms with Gasteiger partial charge in [0.15, 0.2) is 5.78 Å². The van der Waals surface area contributed by atoms with Gasteiger partial charge in [-0.15, -0.1) is 0 Å². The molecule has 2 aliphatic rings. The largest absolute Gasteiger partial charge is 0.370 e. The van der Waals surface area contributed by atoms with Crippen molar-refractivity contribution in [3.63, 3.8) is 0 Å². The molecule has 4 rings (SSSR count). The lowest BCUT2D eigenvalue weighted by atomic mass is 9.97. The van der Waals surface area contributed by atoms with Crippen LogP contribution in [0.2, 0.25) is 0 Å². The summed E-state index contributed by atoms with van der Waals surface area (Å²) in [5.41, 5.74) is 7.59. The van der Waals surface area contributed by atoms with Gasteiger partial charge >= 0.3 is 0 Å². The molecule has 0 radical (unpaired) electrons. The Kier molecular flexibility index (Phi) is 7.06. The van der Waals surface area contributed by atoms with Gasteiger partial charge in [0.1, 0.15) is 12.5 Å². The summed E-state index contributed by atoms with van der Waals surface area (Å²) < 4.78 is 12.3. The van der Waals surface area contributed by atoms with Gasteiger partial charge in [-0.25, -0.2) is 4.90 Å². The van der Waals surface area contributed by atoms with E-state index in [1.807, 2.05) is 12.1 Å². The molecule has 2 aromatic rings. The minimum atomic E-state index is -0.412. The first-order valence-corrected chi connectivity index (χ1v) is 11.0. The van der Waals surface area contributed by atoms with Crippen LogP contribution >= 0.6 is 0 Å². The number of nitrogens with zero attached hydrogens (tertiary/aromatic N) is 2. The minimum absolute atomic E-state index is 0.0731. The first kappa shape index (κ1) is 21.6. The lowest BCUT2D eigenvalue weighted by Crippen LogP contribution is -2.42. The summed E-state index contributed by atoms with van der Waals surface area (Å²) in [6.45, 7) is 1.20. The van der Waals surface area contributed by atoms with E-state index in [2.05, 4.69) is 9.88 Å². The van der Waals surface area contributed by atoms with Crippen LogP contribution in [0.4, 0.5) is 0 Å². The van der Waals surface area contributed by atoms with Crippen LogP contribution in [0.15, 0.2) is 48.8 Å². The van der Waals surface area contributed by atoms with Crippen LogP contribution in [0.5, 0.6) is 0 Å². The third-order valence-electron chi connectivity index (χ3n) is 5.96. The first-order chi connectivity index (χ1) is 15.1. The summed E-state index contributed by atoms with van der Waals surface area (Å²) >= 11 is 0. The number of aromatic nitrogens is 1. The molecule has 1 aliphatic heterocycles. The van der Waals surface area contributed by atoms with Crippen molar-refractivity contribution in [1.29, 1.82) is 0 Å². The number of primary amides is 1. The fraction of sp³-hybridized carbons (Fsp3) is 0.458. The Labute approximate surface area is 182 Å². The zero-order valence-electron chi connectivity index (χ0n) is 17.6. The molecule has 1 saturated heterocycles. The number of nitrogens with two attached hydrogens (primary N) is 1. The van der Waals surface area contributed by atoms with Crippen molar-refractivity contribution >= 4 is 11.7 Å². The SMILES string of the molecule is NC(=O)CC(OC1CCCCC1)N1CCOC1c1ccc(C(=O)c2cccnc2)cc1. The van der Waals surface area contributed by atoms with Crippen LogP contribution in [-0.4, -0.2) is 47.1 Å². The Morgan fingerprint density at radius 3 is 2.58 bits per heavy atom. The van der Waals surface area contributed by atoms with Gasteiger partial charge in [0, 0.05) is 30.1 Å². The van der Waals surface area contributed by atoms with Crippen molar-refractivity contribution < 1.29 is 19.1 Å². The average Bonchev–Trinajstić information content (AvgIpc) is 3.29. The average molecular weight is 424 g/mol. The molecule has 2 heterocycles. The van der Waals surface area contributed by atoms with E-state index in [4.69, 9.17) is 15.2 Å². The van der Waals surface area contributed by atoms with Crippen LogP contribution in [-0.2, 0) is 14.3 Å². The number of rotatable bonds is 8. The number of ketones is 1. The second-order valence-corrected chi connectivity index (χ2v) is 8.17.